The number of aromatic nitrogens is 1. The lowest BCUT2D eigenvalue weighted by Gasteiger charge is -2.24. The van der Waals surface area contributed by atoms with E-state index in [9.17, 15) is 18.0 Å². The van der Waals surface area contributed by atoms with E-state index in [0.29, 0.717) is 30.8 Å². The summed E-state index contributed by atoms with van der Waals surface area (Å²) in [4.78, 5) is 28.3. The van der Waals surface area contributed by atoms with E-state index in [-0.39, 0.29) is 18.0 Å². The van der Waals surface area contributed by atoms with E-state index in [1.807, 2.05) is 0 Å². The van der Waals surface area contributed by atoms with Crippen LogP contribution in [0.15, 0.2) is 53.6 Å². The van der Waals surface area contributed by atoms with Crippen LogP contribution in [0.3, 0.4) is 0 Å². The van der Waals surface area contributed by atoms with Gasteiger partial charge in [-0.25, -0.2) is 8.42 Å². The number of rotatable bonds is 7. The van der Waals surface area contributed by atoms with Gasteiger partial charge in [0.2, 0.25) is 10.0 Å². The quantitative estimate of drug-likeness (QED) is 0.621. The Labute approximate surface area is 175 Å². The molecule has 10 heteroatoms. The van der Waals surface area contributed by atoms with Crippen LogP contribution >= 0.6 is 0 Å². The van der Waals surface area contributed by atoms with Gasteiger partial charge >= 0.3 is 11.8 Å². The molecular weight excluding hydrogens is 408 g/mol. The molecule has 2 aromatic rings. The van der Waals surface area contributed by atoms with Crippen LogP contribution in [0.4, 0.5) is 0 Å². The predicted molar refractivity (Wildman–Crippen MR) is 109 cm³/mol. The molecule has 2 N–H and O–H groups in total. The van der Waals surface area contributed by atoms with Crippen molar-refractivity contribution in [3.05, 3.63) is 54.4 Å². The highest BCUT2D eigenvalue weighted by molar-refractivity contribution is 7.89. The summed E-state index contributed by atoms with van der Waals surface area (Å²) < 4.78 is 32.4. The summed E-state index contributed by atoms with van der Waals surface area (Å²) in [6.07, 6.45) is 2.88. The fourth-order valence-electron chi connectivity index (χ4n) is 3.26. The molecule has 1 aromatic carbocycles. The van der Waals surface area contributed by atoms with E-state index < -0.39 is 27.9 Å². The van der Waals surface area contributed by atoms with Gasteiger partial charge in [-0.1, -0.05) is 6.07 Å². The molecule has 1 aliphatic heterocycles. The Kier molecular flexibility index (Phi) is 7.01. The first-order valence-corrected chi connectivity index (χ1v) is 11.0. The normalized spacial score (nSPS) is 16.8. The Hall–Kier alpha value is -2.98. The van der Waals surface area contributed by atoms with Crippen molar-refractivity contribution in [2.24, 2.45) is 0 Å². The number of carbonyl (C=O) groups is 2. The van der Waals surface area contributed by atoms with Crippen LogP contribution in [0.2, 0.25) is 0 Å². The van der Waals surface area contributed by atoms with Gasteiger partial charge in [0.15, 0.2) is 0 Å². The molecule has 0 unspecified atom stereocenters. The first-order chi connectivity index (χ1) is 14.4. The number of hydrogen-bond acceptors (Lipinski definition) is 6. The largest absolute Gasteiger partial charge is 0.497 e. The van der Waals surface area contributed by atoms with Gasteiger partial charge in [0.05, 0.1) is 24.2 Å². The summed E-state index contributed by atoms with van der Waals surface area (Å²) in [5.41, 5.74) is 0.631. The zero-order valence-electron chi connectivity index (χ0n) is 16.6. The second-order valence-electron chi connectivity index (χ2n) is 6.80. The van der Waals surface area contributed by atoms with Gasteiger partial charge in [-0.3, -0.25) is 14.6 Å². The summed E-state index contributed by atoms with van der Waals surface area (Å²) in [5, 5.41) is 5.03. The molecule has 3 rings (SSSR count). The first kappa shape index (κ1) is 21.7. The second-order valence-corrected chi connectivity index (χ2v) is 8.69. The third-order valence-electron chi connectivity index (χ3n) is 4.85. The number of nitrogens with zero attached hydrogens (tertiary/aromatic N) is 2. The fraction of sp³-hybridized carbons (Fsp3) is 0.350. The molecule has 1 fully saturated rings. The number of amides is 2. The van der Waals surface area contributed by atoms with Gasteiger partial charge in [-0.15, -0.1) is 0 Å². The van der Waals surface area contributed by atoms with Crippen LogP contribution in [0.5, 0.6) is 5.75 Å². The van der Waals surface area contributed by atoms with Crippen molar-refractivity contribution >= 4 is 21.8 Å². The van der Waals surface area contributed by atoms with Crippen molar-refractivity contribution in [1.29, 1.82) is 0 Å². The molecule has 1 saturated heterocycles. The van der Waals surface area contributed by atoms with Crippen molar-refractivity contribution in [1.82, 2.24) is 19.9 Å². The van der Waals surface area contributed by atoms with Crippen molar-refractivity contribution in [3.63, 3.8) is 0 Å². The van der Waals surface area contributed by atoms with Crippen molar-refractivity contribution in [2.75, 3.05) is 20.2 Å². The molecule has 1 aromatic heterocycles. The second kappa shape index (κ2) is 9.68. The van der Waals surface area contributed by atoms with Gasteiger partial charge in [0, 0.05) is 25.3 Å². The lowest BCUT2D eigenvalue weighted by atomic mass is 10.2. The molecule has 0 spiro atoms. The Balaban J connectivity index is 1.56. The minimum Gasteiger partial charge on any atom is -0.497 e. The van der Waals surface area contributed by atoms with E-state index in [1.54, 1.807) is 36.5 Å². The van der Waals surface area contributed by atoms with Gasteiger partial charge < -0.3 is 15.4 Å². The van der Waals surface area contributed by atoms with E-state index >= 15 is 0 Å². The molecule has 0 bridgehead atoms. The number of ether oxygens (including phenoxy) is 1. The molecule has 0 radical (unpaired) electrons. The van der Waals surface area contributed by atoms with Crippen LogP contribution in [0.25, 0.3) is 0 Å². The van der Waals surface area contributed by atoms with Crippen molar-refractivity contribution in [2.45, 2.75) is 30.3 Å². The molecule has 0 aliphatic carbocycles. The first-order valence-electron chi connectivity index (χ1n) is 9.53. The highest BCUT2D eigenvalue weighted by Gasteiger charge is 2.35. The molecule has 1 aliphatic rings. The average molecular weight is 433 g/mol. The third-order valence-corrected chi connectivity index (χ3v) is 6.82. The van der Waals surface area contributed by atoms with Gasteiger partial charge in [-0.2, -0.15) is 4.31 Å². The average Bonchev–Trinajstić information content (AvgIpc) is 3.26. The van der Waals surface area contributed by atoms with Crippen molar-refractivity contribution < 1.29 is 22.7 Å². The summed E-state index contributed by atoms with van der Waals surface area (Å²) in [6.45, 7) is 0.556. The maximum Gasteiger partial charge on any atom is 0.309 e. The minimum atomic E-state index is -3.71. The topological polar surface area (TPSA) is 118 Å². The number of hydrogen-bond donors (Lipinski definition) is 2. The molecule has 9 nitrogen and oxygen atoms in total. The molecule has 0 saturated carbocycles. The van der Waals surface area contributed by atoms with Crippen LogP contribution in [0, 0.1) is 0 Å². The molecule has 30 heavy (non-hydrogen) atoms. The van der Waals surface area contributed by atoms with Crippen LogP contribution in [-0.4, -0.2) is 55.8 Å². The Morgan fingerprint density at radius 1 is 1.13 bits per heavy atom. The molecule has 160 valence electrons. The lowest BCUT2D eigenvalue weighted by molar-refractivity contribution is -0.139. The van der Waals surface area contributed by atoms with Gasteiger partial charge in [0.25, 0.3) is 0 Å². The SMILES string of the molecule is COc1ccc(S(=O)(=O)N2CCC[C@H]2CNC(=O)C(=O)NCc2ccccn2)cc1. The smallest absolute Gasteiger partial charge is 0.309 e. The van der Waals surface area contributed by atoms with Crippen LogP contribution < -0.4 is 15.4 Å². The van der Waals surface area contributed by atoms with Crippen LogP contribution in [-0.2, 0) is 26.2 Å². The number of pyridine rings is 1. The molecular formula is C20H24N4O5S. The van der Waals surface area contributed by atoms with Crippen LogP contribution in [0.1, 0.15) is 18.5 Å². The predicted octanol–water partition coefficient (Wildman–Crippen LogP) is 0.676. The maximum absolute atomic E-state index is 13.0. The highest BCUT2D eigenvalue weighted by atomic mass is 32.2. The van der Waals surface area contributed by atoms with Gasteiger partial charge in [0.1, 0.15) is 5.75 Å². The Bertz CT molecular complexity index is 980. The van der Waals surface area contributed by atoms with Crippen molar-refractivity contribution in [3.8, 4) is 5.75 Å². The van der Waals surface area contributed by atoms with E-state index in [4.69, 9.17) is 4.74 Å². The highest BCUT2D eigenvalue weighted by Crippen LogP contribution is 2.26. The number of benzene rings is 1. The molecule has 1 atom stereocenters. The third kappa shape index (κ3) is 5.14. The minimum absolute atomic E-state index is 0.0607. The number of nitrogens with one attached hydrogen (secondary N) is 2. The number of methoxy groups -OCH3 is 1. The van der Waals surface area contributed by atoms with E-state index in [1.165, 1.54) is 23.5 Å². The fourth-order valence-corrected chi connectivity index (χ4v) is 4.95. The summed E-state index contributed by atoms with van der Waals surface area (Å²) in [5.74, 6) is -1.03. The summed E-state index contributed by atoms with van der Waals surface area (Å²) in [7, 11) is -2.20. The van der Waals surface area contributed by atoms with Gasteiger partial charge in [-0.05, 0) is 49.2 Å². The Morgan fingerprint density at radius 2 is 1.87 bits per heavy atom. The zero-order valence-corrected chi connectivity index (χ0v) is 17.4. The zero-order chi connectivity index (χ0) is 21.6. The summed E-state index contributed by atoms with van der Waals surface area (Å²) >= 11 is 0. The summed E-state index contributed by atoms with van der Waals surface area (Å²) in [6, 6.07) is 11.0. The van der Waals surface area contributed by atoms with E-state index in [2.05, 4.69) is 15.6 Å². The monoisotopic (exact) mass is 432 g/mol. The van der Waals surface area contributed by atoms with E-state index in [0.717, 1.165) is 0 Å². The standard InChI is InChI=1S/C20H24N4O5S/c1-29-17-7-9-18(10-8-17)30(27,28)24-12-4-6-16(24)14-23-20(26)19(25)22-13-15-5-2-3-11-21-15/h2-3,5,7-11,16H,4,6,12-14H2,1H3,(H,22,25)(H,23,26)/t16-/m0/s1. The number of sulfonamides is 1. The maximum atomic E-state index is 13.0. The Morgan fingerprint density at radius 3 is 2.53 bits per heavy atom. The number of carbonyl (C=O) groups excluding carboxylic acids is 2. The molecule has 2 heterocycles. The lowest BCUT2D eigenvalue weighted by Crippen LogP contribution is -2.46. The molecule has 2 amide bonds.